The lowest BCUT2D eigenvalue weighted by Gasteiger charge is -2.72. The minimum absolute atomic E-state index is 0.00103. The van der Waals surface area contributed by atoms with E-state index >= 15 is 0 Å². The molecular weight excluding hydrogens is 719 g/mol. The molecule has 10 heteroatoms. The number of fused-ring (bicyclic) bond motifs is 7. The highest BCUT2D eigenvalue weighted by atomic mass is 32.2. The van der Waals surface area contributed by atoms with Gasteiger partial charge in [-0.15, -0.1) is 0 Å². The van der Waals surface area contributed by atoms with Crippen molar-refractivity contribution in [3.05, 3.63) is 66.1 Å². The first-order valence-corrected chi connectivity index (χ1v) is 23.0. The largest absolute Gasteiger partial charge is 0.478 e. The Kier molecular flexibility index (Phi) is 9.94. The average Bonchev–Trinajstić information content (AvgIpc) is 3.77. The van der Waals surface area contributed by atoms with Crippen molar-refractivity contribution in [2.45, 2.75) is 110 Å². The van der Waals surface area contributed by atoms with Crippen LogP contribution in [-0.4, -0.2) is 83.1 Å². The monoisotopic (exact) mass is 785 g/mol. The van der Waals surface area contributed by atoms with Crippen molar-refractivity contribution in [3.8, 4) is 0 Å². The zero-order chi connectivity index (χ0) is 40.1. The van der Waals surface area contributed by atoms with E-state index in [-0.39, 0.29) is 32.2 Å². The number of nitrogens with zero attached hydrogens (tertiary/aromatic N) is 4. The van der Waals surface area contributed by atoms with Crippen molar-refractivity contribution in [2.24, 2.45) is 58.3 Å². The van der Waals surface area contributed by atoms with Crippen LogP contribution in [0.15, 0.2) is 60.0 Å². The molecule has 2 heterocycles. The van der Waals surface area contributed by atoms with Crippen LogP contribution in [-0.2, 0) is 17.1 Å². The second-order valence-corrected chi connectivity index (χ2v) is 22.2. The number of aromatic carboxylic acids is 1. The maximum Gasteiger partial charge on any atom is 0.335 e. The van der Waals surface area contributed by atoms with Crippen LogP contribution in [0.1, 0.15) is 115 Å². The highest BCUT2D eigenvalue weighted by Gasteiger charge is 2.70. The highest BCUT2D eigenvalue weighted by Crippen LogP contribution is 2.76. The van der Waals surface area contributed by atoms with Gasteiger partial charge in [0.15, 0.2) is 5.03 Å². The molecule has 4 saturated carbocycles. The Morgan fingerprint density at radius 1 is 0.929 bits per heavy atom. The normalized spacial score (nSPS) is 38.5. The third kappa shape index (κ3) is 6.04. The molecule has 2 N–H and O–H groups in total. The Bertz CT molecular complexity index is 2000. The molecule has 0 amide bonds. The second-order valence-electron chi connectivity index (χ2n) is 20.3. The van der Waals surface area contributed by atoms with E-state index in [1.807, 2.05) is 12.1 Å². The fraction of sp³-hybridized carbons (Fsp3) is 0.696. The van der Waals surface area contributed by atoms with Crippen molar-refractivity contribution >= 4 is 21.6 Å². The maximum atomic E-state index is 13.2. The Morgan fingerprint density at radius 2 is 1.64 bits per heavy atom. The number of aryl methyl sites for hydroxylation is 1. The van der Waals surface area contributed by atoms with Crippen LogP contribution in [0, 0.1) is 51.2 Å². The lowest BCUT2D eigenvalue weighted by Crippen LogP contribution is -2.68. The zero-order valence-electron chi connectivity index (χ0n) is 35.1. The number of allylic oxidation sites excluding steroid dienone is 3. The van der Waals surface area contributed by atoms with E-state index in [0.29, 0.717) is 48.2 Å². The van der Waals surface area contributed by atoms with Crippen molar-refractivity contribution in [1.82, 2.24) is 24.1 Å². The van der Waals surface area contributed by atoms with Crippen LogP contribution in [0.4, 0.5) is 0 Å². The molecule has 1 aliphatic heterocycles. The third-order valence-corrected chi connectivity index (χ3v) is 19.4. The van der Waals surface area contributed by atoms with Crippen LogP contribution >= 0.6 is 0 Å². The smallest absolute Gasteiger partial charge is 0.335 e. The molecule has 306 valence electrons. The van der Waals surface area contributed by atoms with Crippen molar-refractivity contribution < 1.29 is 18.3 Å². The summed E-state index contributed by atoms with van der Waals surface area (Å²) in [6.07, 6.45) is 16.8. The molecule has 6 aliphatic rings. The SMILES string of the molecule is C=C(C)[C@@H]1CC[C@]2(NCCN3CCN(S(=O)(=O)c4cn(C)cn4)CC3)CC[C@]3(C)[C@H](CC[C@@H]4[C@@]5(C)CC=C(c6ccc(C(=O)O)cc6)C(C)(C)[C@@H]5CC[C@]43C)[C@@H]12. The summed E-state index contributed by atoms with van der Waals surface area (Å²) in [5, 5.41) is 13.9. The van der Waals surface area contributed by atoms with Gasteiger partial charge in [-0.3, -0.25) is 4.90 Å². The number of nitrogens with one attached hydrogen (secondary N) is 1. The molecule has 0 bridgehead atoms. The predicted octanol–water partition coefficient (Wildman–Crippen LogP) is 8.12. The predicted molar refractivity (Wildman–Crippen MR) is 222 cm³/mol. The molecule has 5 fully saturated rings. The van der Waals surface area contributed by atoms with E-state index in [4.69, 9.17) is 0 Å². The number of carboxylic acids is 1. The van der Waals surface area contributed by atoms with Crippen LogP contribution in [0.25, 0.3) is 5.57 Å². The van der Waals surface area contributed by atoms with E-state index in [1.54, 1.807) is 40.6 Å². The topological polar surface area (TPSA) is 108 Å². The molecule has 2 aromatic rings. The summed E-state index contributed by atoms with van der Waals surface area (Å²) in [5.74, 6) is 2.15. The number of rotatable bonds is 9. The highest BCUT2D eigenvalue weighted by molar-refractivity contribution is 7.89. The summed E-state index contributed by atoms with van der Waals surface area (Å²) >= 11 is 0. The molecule has 9 atom stereocenters. The summed E-state index contributed by atoms with van der Waals surface area (Å²) in [7, 11) is -1.76. The summed E-state index contributed by atoms with van der Waals surface area (Å²) in [6, 6.07) is 7.59. The third-order valence-electron chi connectivity index (χ3n) is 17.6. The van der Waals surface area contributed by atoms with Gasteiger partial charge in [0.25, 0.3) is 10.0 Å². The van der Waals surface area contributed by atoms with Crippen LogP contribution < -0.4 is 5.32 Å². The number of piperazine rings is 1. The molecule has 56 heavy (non-hydrogen) atoms. The number of aromatic nitrogens is 2. The first-order chi connectivity index (χ1) is 26.4. The molecule has 5 aliphatic carbocycles. The molecule has 1 aromatic carbocycles. The number of hydrogen-bond acceptors (Lipinski definition) is 6. The first kappa shape index (κ1) is 40.0. The summed E-state index contributed by atoms with van der Waals surface area (Å²) in [6.45, 7) is 24.2. The van der Waals surface area contributed by atoms with Gasteiger partial charge in [-0.05, 0) is 139 Å². The van der Waals surface area contributed by atoms with E-state index < -0.39 is 16.0 Å². The Balaban J connectivity index is 0.984. The van der Waals surface area contributed by atoms with Gasteiger partial charge in [0.2, 0.25) is 0 Å². The zero-order valence-corrected chi connectivity index (χ0v) is 35.9. The minimum atomic E-state index is -3.56. The van der Waals surface area contributed by atoms with Gasteiger partial charge in [0.05, 0.1) is 11.9 Å². The molecule has 0 spiro atoms. The van der Waals surface area contributed by atoms with Gasteiger partial charge < -0.3 is 15.0 Å². The van der Waals surface area contributed by atoms with E-state index in [2.05, 4.69) is 69.4 Å². The van der Waals surface area contributed by atoms with Crippen LogP contribution in [0.3, 0.4) is 0 Å². The lowest BCUT2D eigenvalue weighted by atomic mass is 9.33. The van der Waals surface area contributed by atoms with Gasteiger partial charge in [0, 0.05) is 58.1 Å². The molecular formula is C46H67N5O4S. The quantitative estimate of drug-likeness (QED) is 0.248. The van der Waals surface area contributed by atoms with Gasteiger partial charge in [-0.25, -0.2) is 18.2 Å². The molecule has 0 radical (unpaired) electrons. The van der Waals surface area contributed by atoms with E-state index in [1.165, 1.54) is 68.1 Å². The van der Waals surface area contributed by atoms with Crippen molar-refractivity contribution in [1.29, 1.82) is 0 Å². The number of benzene rings is 1. The fourth-order valence-electron chi connectivity index (χ4n) is 14.7. The van der Waals surface area contributed by atoms with Crippen LogP contribution in [0.2, 0.25) is 0 Å². The summed E-state index contributed by atoms with van der Waals surface area (Å²) in [5.41, 5.74) is 5.13. The lowest BCUT2D eigenvalue weighted by molar-refractivity contribution is -0.219. The molecule has 0 unspecified atom stereocenters. The number of hydrogen-bond donors (Lipinski definition) is 2. The fourth-order valence-corrected chi connectivity index (χ4v) is 16.0. The van der Waals surface area contributed by atoms with E-state index in [0.717, 1.165) is 32.6 Å². The number of sulfonamides is 1. The Labute approximate surface area is 336 Å². The van der Waals surface area contributed by atoms with Crippen molar-refractivity contribution in [2.75, 3.05) is 39.3 Å². The molecule has 9 nitrogen and oxygen atoms in total. The van der Waals surface area contributed by atoms with Gasteiger partial charge >= 0.3 is 5.97 Å². The molecule has 1 aromatic heterocycles. The molecule has 1 saturated heterocycles. The minimum Gasteiger partial charge on any atom is -0.478 e. The second kappa shape index (κ2) is 13.9. The number of carboxylic acid groups (broad SMARTS) is 1. The Hall–Kier alpha value is -2.79. The average molecular weight is 786 g/mol. The van der Waals surface area contributed by atoms with Gasteiger partial charge in [-0.1, -0.05) is 65.0 Å². The molecule has 8 rings (SSSR count). The summed E-state index contributed by atoms with van der Waals surface area (Å²) < 4.78 is 29.7. The van der Waals surface area contributed by atoms with Gasteiger partial charge in [-0.2, -0.15) is 4.31 Å². The van der Waals surface area contributed by atoms with Crippen molar-refractivity contribution in [3.63, 3.8) is 0 Å². The number of carbonyl (C=O) groups is 1. The Morgan fingerprint density at radius 3 is 2.29 bits per heavy atom. The van der Waals surface area contributed by atoms with E-state index in [9.17, 15) is 18.3 Å². The standard InChI is InChI=1S/C46H67N5O4S/c1-31(2)34-15-20-46(48-23-24-50-25-27-51(28-26-50)56(54,55)39-29-49(8)30-47-39)22-21-44(6)36(40(34)46)13-14-38-43(5)18-16-35(32-9-11-33(12-10-32)41(52)53)42(3,4)37(43)17-19-45(38,44)7/h9-12,16,29-30,34,36-38,40,48H,1,13-15,17-28H2,2-8H3,(H,52,53)/t34-,36+,37-,38+,40+,43-,44+,45+,46-/m0/s1. The first-order valence-electron chi connectivity index (χ1n) is 21.5. The number of imidazole rings is 1. The van der Waals surface area contributed by atoms with Gasteiger partial charge in [0.1, 0.15) is 0 Å². The summed E-state index contributed by atoms with van der Waals surface area (Å²) in [4.78, 5) is 18.2. The van der Waals surface area contributed by atoms with Crippen LogP contribution in [0.5, 0.6) is 0 Å². The maximum absolute atomic E-state index is 13.2.